The average molecular weight is 234 g/mol. The van der Waals surface area contributed by atoms with Crippen molar-refractivity contribution in [3.63, 3.8) is 0 Å². The van der Waals surface area contributed by atoms with Crippen LogP contribution in [0.1, 0.15) is 37.7 Å². The van der Waals surface area contributed by atoms with Crippen LogP contribution in [0.2, 0.25) is 0 Å². The van der Waals surface area contributed by atoms with Crippen molar-refractivity contribution in [1.29, 1.82) is 0 Å². The minimum atomic E-state index is -0.0513. The Morgan fingerprint density at radius 2 is 2.00 bits per heavy atom. The topological polar surface area (TPSA) is 29.5 Å². The van der Waals surface area contributed by atoms with Crippen molar-refractivity contribution >= 4 is 0 Å². The molecule has 0 aliphatic heterocycles. The zero-order valence-electron chi connectivity index (χ0n) is 10.6. The first kappa shape index (κ1) is 12.4. The van der Waals surface area contributed by atoms with Crippen molar-refractivity contribution in [1.82, 2.24) is 0 Å². The van der Waals surface area contributed by atoms with Crippen LogP contribution in [-0.2, 0) is 6.42 Å². The highest BCUT2D eigenvalue weighted by molar-refractivity contribution is 5.27. The molecule has 1 aromatic rings. The number of hydrogen-bond donors (Lipinski definition) is 1. The minimum Gasteiger partial charge on any atom is -0.497 e. The number of aliphatic hydroxyl groups is 1. The molecule has 0 spiro atoms. The summed E-state index contributed by atoms with van der Waals surface area (Å²) in [5, 5.41) is 9.63. The normalized spacial score (nSPS) is 24.6. The molecule has 0 aromatic heterocycles. The van der Waals surface area contributed by atoms with E-state index in [1.807, 2.05) is 12.1 Å². The monoisotopic (exact) mass is 234 g/mol. The number of aliphatic hydroxyl groups excluding tert-OH is 1. The first-order chi connectivity index (χ1) is 8.28. The summed E-state index contributed by atoms with van der Waals surface area (Å²) in [5.41, 5.74) is 1.37. The van der Waals surface area contributed by atoms with Gasteiger partial charge in [-0.15, -0.1) is 0 Å². The molecule has 1 aliphatic rings. The van der Waals surface area contributed by atoms with Gasteiger partial charge in [-0.05, 0) is 49.3 Å². The van der Waals surface area contributed by atoms with Crippen LogP contribution in [0, 0.1) is 5.92 Å². The quantitative estimate of drug-likeness (QED) is 0.867. The lowest BCUT2D eigenvalue weighted by Gasteiger charge is -2.25. The number of rotatable bonds is 4. The van der Waals surface area contributed by atoms with Gasteiger partial charge in [0.05, 0.1) is 13.2 Å². The van der Waals surface area contributed by atoms with Gasteiger partial charge >= 0.3 is 0 Å². The predicted molar refractivity (Wildman–Crippen MR) is 69.3 cm³/mol. The molecule has 0 saturated heterocycles. The SMILES string of the molecule is COc1ccc(CC[C@H]2CCC[C@@H](O)C2)cc1. The van der Waals surface area contributed by atoms with Crippen LogP contribution in [0.5, 0.6) is 5.75 Å². The lowest BCUT2D eigenvalue weighted by Crippen LogP contribution is -2.19. The highest BCUT2D eigenvalue weighted by atomic mass is 16.5. The Labute approximate surface area is 104 Å². The lowest BCUT2D eigenvalue weighted by atomic mass is 9.83. The standard InChI is InChI=1S/C15H22O2/c1-17-15-9-7-12(8-10-15)5-6-13-3-2-4-14(16)11-13/h7-10,13-14,16H,2-6,11H2,1H3/t13-,14-/m1/s1. The van der Waals surface area contributed by atoms with Gasteiger partial charge in [-0.25, -0.2) is 0 Å². The van der Waals surface area contributed by atoms with Gasteiger partial charge in [-0.1, -0.05) is 25.0 Å². The van der Waals surface area contributed by atoms with E-state index in [1.54, 1.807) is 7.11 Å². The molecule has 2 heteroatoms. The van der Waals surface area contributed by atoms with Crippen LogP contribution in [0.3, 0.4) is 0 Å². The van der Waals surface area contributed by atoms with E-state index < -0.39 is 0 Å². The Kier molecular flexibility index (Phi) is 4.43. The van der Waals surface area contributed by atoms with E-state index in [-0.39, 0.29) is 6.10 Å². The molecular weight excluding hydrogens is 212 g/mol. The van der Waals surface area contributed by atoms with Crippen LogP contribution in [0.25, 0.3) is 0 Å². The predicted octanol–water partition coefficient (Wildman–Crippen LogP) is 3.18. The second-order valence-electron chi connectivity index (χ2n) is 5.07. The van der Waals surface area contributed by atoms with Crippen LogP contribution < -0.4 is 4.74 Å². The van der Waals surface area contributed by atoms with Gasteiger partial charge in [-0.3, -0.25) is 0 Å². The van der Waals surface area contributed by atoms with E-state index in [1.165, 1.54) is 24.8 Å². The summed E-state index contributed by atoms with van der Waals surface area (Å²) in [6.07, 6.45) is 6.73. The molecule has 1 saturated carbocycles. The largest absolute Gasteiger partial charge is 0.497 e. The first-order valence-electron chi connectivity index (χ1n) is 6.59. The Morgan fingerprint density at radius 1 is 1.24 bits per heavy atom. The van der Waals surface area contributed by atoms with Gasteiger partial charge in [0.15, 0.2) is 0 Å². The summed E-state index contributed by atoms with van der Waals surface area (Å²) in [6.45, 7) is 0. The molecule has 2 nitrogen and oxygen atoms in total. The molecular formula is C15H22O2. The van der Waals surface area contributed by atoms with Gasteiger partial charge < -0.3 is 9.84 Å². The molecule has 0 amide bonds. The maximum absolute atomic E-state index is 9.63. The molecule has 0 unspecified atom stereocenters. The van der Waals surface area contributed by atoms with Crippen molar-refractivity contribution in [2.24, 2.45) is 5.92 Å². The number of benzene rings is 1. The number of hydrogen-bond acceptors (Lipinski definition) is 2. The fraction of sp³-hybridized carbons (Fsp3) is 0.600. The van der Waals surface area contributed by atoms with Crippen LogP contribution >= 0.6 is 0 Å². The zero-order chi connectivity index (χ0) is 12.1. The van der Waals surface area contributed by atoms with Crippen molar-refractivity contribution in [2.45, 2.75) is 44.6 Å². The van der Waals surface area contributed by atoms with E-state index in [2.05, 4.69) is 12.1 Å². The smallest absolute Gasteiger partial charge is 0.118 e. The Morgan fingerprint density at radius 3 is 2.65 bits per heavy atom. The Balaban J connectivity index is 1.80. The average Bonchev–Trinajstić information content (AvgIpc) is 2.37. The second-order valence-corrected chi connectivity index (χ2v) is 5.07. The molecule has 1 N–H and O–H groups in total. The fourth-order valence-corrected chi connectivity index (χ4v) is 2.69. The second kappa shape index (κ2) is 6.06. The van der Waals surface area contributed by atoms with E-state index in [0.717, 1.165) is 25.0 Å². The maximum atomic E-state index is 9.63. The molecule has 1 fully saturated rings. The summed E-state index contributed by atoms with van der Waals surface area (Å²) in [7, 11) is 1.69. The molecule has 0 radical (unpaired) electrons. The molecule has 2 rings (SSSR count). The third-order valence-electron chi connectivity index (χ3n) is 3.76. The summed E-state index contributed by atoms with van der Waals surface area (Å²) in [4.78, 5) is 0. The van der Waals surface area contributed by atoms with Crippen molar-refractivity contribution in [3.05, 3.63) is 29.8 Å². The van der Waals surface area contributed by atoms with Gasteiger partial charge in [-0.2, -0.15) is 0 Å². The summed E-state index contributed by atoms with van der Waals surface area (Å²) < 4.78 is 5.14. The number of methoxy groups -OCH3 is 1. The number of aryl methyl sites for hydroxylation is 1. The van der Waals surface area contributed by atoms with Crippen molar-refractivity contribution in [3.8, 4) is 5.75 Å². The summed E-state index contributed by atoms with van der Waals surface area (Å²) >= 11 is 0. The van der Waals surface area contributed by atoms with Gasteiger partial charge in [0.25, 0.3) is 0 Å². The van der Waals surface area contributed by atoms with E-state index >= 15 is 0 Å². The summed E-state index contributed by atoms with van der Waals surface area (Å²) in [5.74, 6) is 1.63. The first-order valence-corrected chi connectivity index (χ1v) is 6.59. The fourth-order valence-electron chi connectivity index (χ4n) is 2.69. The number of ether oxygens (including phenoxy) is 1. The van der Waals surface area contributed by atoms with Crippen LogP contribution in [-0.4, -0.2) is 18.3 Å². The van der Waals surface area contributed by atoms with Crippen molar-refractivity contribution < 1.29 is 9.84 Å². The molecule has 0 bridgehead atoms. The third kappa shape index (κ3) is 3.74. The molecule has 94 valence electrons. The Bertz CT molecular complexity index is 331. The highest BCUT2D eigenvalue weighted by Gasteiger charge is 2.19. The molecule has 1 aromatic carbocycles. The molecule has 2 atom stereocenters. The third-order valence-corrected chi connectivity index (χ3v) is 3.76. The van der Waals surface area contributed by atoms with Gasteiger partial charge in [0, 0.05) is 0 Å². The summed E-state index contributed by atoms with van der Waals surface area (Å²) in [6, 6.07) is 8.31. The highest BCUT2D eigenvalue weighted by Crippen LogP contribution is 2.28. The van der Waals surface area contributed by atoms with E-state index in [0.29, 0.717) is 5.92 Å². The minimum absolute atomic E-state index is 0.0513. The zero-order valence-corrected chi connectivity index (χ0v) is 10.6. The molecule has 1 aliphatic carbocycles. The van der Waals surface area contributed by atoms with Crippen LogP contribution in [0.15, 0.2) is 24.3 Å². The lowest BCUT2D eigenvalue weighted by molar-refractivity contribution is 0.0984. The van der Waals surface area contributed by atoms with E-state index in [4.69, 9.17) is 4.74 Å². The van der Waals surface area contributed by atoms with E-state index in [9.17, 15) is 5.11 Å². The van der Waals surface area contributed by atoms with Gasteiger partial charge in [0.1, 0.15) is 5.75 Å². The van der Waals surface area contributed by atoms with Crippen molar-refractivity contribution in [2.75, 3.05) is 7.11 Å². The maximum Gasteiger partial charge on any atom is 0.118 e. The Hall–Kier alpha value is -1.02. The molecule has 17 heavy (non-hydrogen) atoms. The molecule has 0 heterocycles. The van der Waals surface area contributed by atoms with Gasteiger partial charge in [0.2, 0.25) is 0 Å². The van der Waals surface area contributed by atoms with Crippen LogP contribution in [0.4, 0.5) is 0 Å².